The molecule has 0 N–H and O–H groups in total. The summed E-state index contributed by atoms with van der Waals surface area (Å²) in [7, 11) is 0. The first-order chi connectivity index (χ1) is 14.7. The van der Waals surface area contributed by atoms with Gasteiger partial charge in [0.05, 0.1) is 11.2 Å². The summed E-state index contributed by atoms with van der Waals surface area (Å²) in [6.07, 6.45) is 0. The normalized spacial score (nSPS) is 11.1. The number of hydrogen-bond acceptors (Lipinski definition) is 1. The molecule has 0 fully saturated rings. The van der Waals surface area contributed by atoms with Gasteiger partial charge >= 0.3 is 0 Å². The second kappa shape index (κ2) is 7.16. The van der Waals surface area contributed by atoms with Gasteiger partial charge in [-0.05, 0) is 23.4 Å². The van der Waals surface area contributed by atoms with Crippen LogP contribution in [0.1, 0.15) is 11.7 Å². The Labute approximate surface area is 175 Å². The minimum Gasteiger partial charge on any atom is -0.275 e. The molecular formula is C28H21NO. The van der Waals surface area contributed by atoms with Crippen molar-refractivity contribution in [2.75, 3.05) is 0 Å². The van der Waals surface area contributed by atoms with Crippen molar-refractivity contribution >= 4 is 27.6 Å². The average molecular weight is 387 g/mol. The number of carbonyl (C=O) groups is 1. The molecule has 0 aliphatic carbocycles. The molecule has 144 valence electrons. The van der Waals surface area contributed by atoms with Gasteiger partial charge in [-0.15, -0.1) is 0 Å². The van der Waals surface area contributed by atoms with Crippen molar-refractivity contribution in [1.29, 1.82) is 0 Å². The van der Waals surface area contributed by atoms with Crippen LogP contribution in [0.25, 0.3) is 44.1 Å². The van der Waals surface area contributed by atoms with Crippen molar-refractivity contribution in [3.8, 4) is 22.4 Å². The highest BCUT2D eigenvalue weighted by molar-refractivity contribution is 6.20. The molecule has 0 spiro atoms. The van der Waals surface area contributed by atoms with Crippen molar-refractivity contribution < 1.29 is 4.79 Å². The van der Waals surface area contributed by atoms with Crippen molar-refractivity contribution in [3.63, 3.8) is 0 Å². The summed E-state index contributed by atoms with van der Waals surface area (Å²) >= 11 is 0. The Balaban J connectivity index is 2.06. The minimum atomic E-state index is -0.0858. The van der Waals surface area contributed by atoms with Crippen LogP contribution in [-0.2, 0) is 0 Å². The molecule has 5 rings (SSSR count). The molecule has 2 heteroatoms. The summed E-state index contributed by atoms with van der Waals surface area (Å²) in [5, 5.41) is 3.23. The van der Waals surface area contributed by atoms with Crippen LogP contribution in [0.4, 0.5) is 0 Å². The molecule has 0 atom stereocenters. The average Bonchev–Trinajstić information content (AvgIpc) is 3.15. The number of fused-ring (bicyclic) bond motifs is 3. The predicted octanol–water partition coefficient (Wildman–Crippen LogP) is 7.34. The summed E-state index contributed by atoms with van der Waals surface area (Å²) in [6, 6.07) is 32.9. The van der Waals surface area contributed by atoms with Crippen molar-refractivity contribution in [3.05, 3.63) is 109 Å². The first-order valence-corrected chi connectivity index (χ1v) is 10.0. The van der Waals surface area contributed by atoms with Crippen LogP contribution in [0.15, 0.2) is 109 Å². The van der Waals surface area contributed by atoms with Gasteiger partial charge in [0.15, 0.2) is 0 Å². The Kier molecular flexibility index (Phi) is 4.33. The van der Waals surface area contributed by atoms with Gasteiger partial charge in [0.2, 0.25) is 0 Å². The molecule has 1 aromatic heterocycles. The lowest BCUT2D eigenvalue weighted by Gasteiger charge is -2.12. The number of aromatic nitrogens is 1. The van der Waals surface area contributed by atoms with E-state index in [-0.39, 0.29) is 5.91 Å². The predicted molar refractivity (Wildman–Crippen MR) is 126 cm³/mol. The molecule has 0 unspecified atom stereocenters. The van der Waals surface area contributed by atoms with Crippen LogP contribution in [0.5, 0.6) is 0 Å². The molecule has 1 heterocycles. The van der Waals surface area contributed by atoms with Crippen LogP contribution in [0, 0.1) is 0 Å². The molecule has 5 aromatic rings. The lowest BCUT2D eigenvalue weighted by molar-refractivity contribution is 0.0962. The Morgan fingerprint density at radius 1 is 0.700 bits per heavy atom. The smallest absolute Gasteiger partial charge is 0.257 e. The zero-order valence-corrected chi connectivity index (χ0v) is 16.8. The van der Waals surface area contributed by atoms with Crippen molar-refractivity contribution in [2.24, 2.45) is 0 Å². The quantitative estimate of drug-likeness (QED) is 0.297. The Morgan fingerprint density at radius 2 is 1.30 bits per heavy atom. The van der Waals surface area contributed by atoms with Crippen LogP contribution in [-0.4, -0.2) is 10.5 Å². The topological polar surface area (TPSA) is 22.0 Å². The number of nitrogens with zero attached hydrogens (tertiary/aromatic N) is 1. The molecule has 0 saturated heterocycles. The van der Waals surface area contributed by atoms with Crippen molar-refractivity contribution in [1.82, 2.24) is 4.57 Å². The van der Waals surface area contributed by atoms with Crippen LogP contribution < -0.4 is 0 Å². The second-order valence-electron chi connectivity index (χ2n) is 7.56. The summed E-state index contributed by atoms with van der Waals surface area (Å²) in [4.78, 5) is 13.5. The van der Waals surface area contributed by atoms with E-state index < -0.39 is 0 Å². The van der Waals surface area contributed by atoms with Crippen molar-refractivity contribution in [2.45, 2.75) is 6.92 Å². The third-order valence-corrected chi connectivity index (χ3v) is 5.53. The number of allylic oxidation sites excluding steroid dienone is 1. The maximum absolute atomic E-state index is 13.5. The van der Waals surface area contributed by atoms with Crippen LogP contribution in [0.2, 0.25) is 0 Å². The molecule has 0 saturated carbocycles. The van der Waals surface area contributed by atoms with E-state index in [4.69, 9.17) is 0 Å². The molecule has 30 heavy (non-hydrogen) atoms. The van der Waals surface area contributed by atoms with Gasteiger partial charge in [-0.25, -0.2) is 0 Å². The molecule has 0 aliphatic rings. The molecule has 0 amide bonds. The zero-order chi connectivity index (χ0) is 20.7. The number of rotatable bonds is 3. The van der Waals surface area contributed by atoms with Gasteiger partial charge in [0.1, 0.15) is 0 Å². The molecule has 0 aliphatic heterocycles. The standard InChI is InChI=1S/C28H21NO/c1-19(2)28(30)29-26(22-14-7-4-8-15-22)25(21-12-5-3-6-13-21)24-18-17-20-11-9-10-16-23(20)27(24)29/h3-18H,1H2,2H3. The largest absolute Gasteiger partial charge is 0.275 e. The van der Waals surface area contributed by atoms with Crippen LogP contribution in [0.3, 0.4) is 0 Å². The molecule has 2 nitrogen and oxygen atoms in total. The minimum absolute atomic E-state index is 0.0858. The SMILES string of the molecule is C=C(C)C(=O)n1c(-c2ccccc2)c(-c2ccccc2)c2ccc3ccccc3c21. The number of carbonyl (C=O) groups excluding carboxylic acids is 1. The third kappa shape index (κ3) is 2.77. The highest BCUT2D eigenvalue weighted by Gasteiger charge is 2.25. The Bertz CT molecular complexity index is 1410. The second-order valence-corrected chi connectivity index (χ2v) is 7.56. The fraction of sp³-hybridized carbons (Fsp3) is 0.0357. The monoisotopic (exact) mass is 387 g/mol. The lowest BCUT2D eigenvalue weighted by atomic mass is 9.97. The van der Waals surface area contributed by atoms with E-state index in [9.17, 15) is 4.79 Å². The highest BCUT2D eigenvalue weighted by Crippen LogP contribution is 2.43. The van der Waals surface area contributed by atoms with Crippen LogP contribution >= 0.6 is 0 Å². The van der Waals surface area contributed by atoms with Gasteiger partial charge in [-0.1, -0.05) is 104 Å². The van der Waals surface area contributed by atoms with Gasteiger partial charge in [-0.2, -0.15) is 0 Å². The fourth-order valence-corrected chi connectivity index (χ4v) is 4.21. The van der Waals surface area contributed by atoms with E-state index in [1.165, 1.54) is 0 Å². The van der Waals surface area contributed by atoms with E-state index in [0.717, 1.165) is 44.1 Å². The molecule has 4 aromatic carbocycles. The lowest BCUT2D eigenvalue weighted by Crippen LogP contribution is -2.12. The number of benzene rings is 4. The Hall–Kier alpha value is -3.91. The first-order valence-electron chi connectivity index (χ1n) is 10.0. The number of hydrogen-bond donors (Lipinski definition) is 0. The maximum atomic E-state index is 13.5. The van der Waals surface area contributed by atoms with E-state index in [2.05, 4.69) is 55.1 Å². The summed E-state index contributed by atoms with van der Waals surface area (Å²) < 4.78 is 1.86. The van der Waals surface area contributed by atoms with E-state index in [1.54, 1.807) is 6.92 Å². The van der Waals surface area contributed by atoms with Gasteiger partial charge in [0, 0.05) is 21.9 Å². The molecule has 0 radical (unpaired) electrons. The molecular weight excluding hydrogens is 366 g/mol. The summed E-state index contributed by atoms with van der Waals surface area (Å²) in [6.45, 7) is 5.74. The Morgan fingerprint density at radius 3 is 1.97 bits per heavy atom. The zero-order valence-electron chi connectivity index (χ0n) is 16.8. The van der Waals surface area contributed by atoms with Gasteiger partial charge in [-0.3, -0.25) is 9.36 Å². The summed E-state index contributed by atoms with van der Waals surface area (Å²) in [5.74, 6) is -0.0858. The molecule has 0 bridgehead atoms. The summed E-state index contributed by atoms with van der Waals surface area (Å²) in [5.41, 5.74) is 5.50. The first kappa shape index (κ1) is 18.1. The van der Waals surface area contributed by atoms with Gasteiger partial charge < -0.3 is 0 Å². The maximum Gasteiger partial charge on any atom is 0.257 e. The highest BCUT2D eigenvalue weighted by atomic mass is 16.2. The van der Waals surface area contributed by atoms with E-state index >= 15 is 0 Å². The van der Waals surface area contributed by atoms with Gasteiger partial charge in [0.25, 0.3) is 5.91 Å². The van der Waals surface area contributed by atoms with E-state index in [1.807, 2.05) is 53.1 Å². The van der Waals surface area contributed by atoms with E-state index in [0.29, 0.717) is 5.57 Å². The third-order valence-electron chi connectivity index (χ3n) is 5.53. The fourth-order valence-electron chi connectivity index (χ4n) is 4.21.